The lowest BCUT2D eigenvalue weighted by Gasteiger charge is -2.56. The number of esters is 2. The molecule has 0 aliphatic heterocycles. The van der Waals surface area contributed by atoms with Crippen LogP contribution in [0.25, 0.3) is 0 Å². The molecule has 1 heterocycles. The van der Waals surface area contributed by atoms with Crippen molar-refractivity contribution >= 4 is 23.3 Å². The van der Waals surface area contributed by atoms with Crippen LogP contribution < -0.4 is 0 Å². The molecule has 4 fully saturated rings. The second kappa shape index (κ2) is 6.77. The van der Waals surface area contributed by atoms with Gasteiger partial charge < -0.3 is 9.47 Å². The molecule has 0 unspecified atom stereocenters. The molecule has 0 aromatic carbocycles. The van der Waals surface area contributed by atoms with Gasteiger partial charge in [-0.3, -0.25) is 4.79 Å². The first kappa shape index (κ1) is 18.7. The third-order valence-electron chi connectivity index (χ3n) is 6.80. The fraction of sp³-hybridized carbons (Fsp3) is 0.636. The topological polar surface area (TPSA) is 52.6 Å². The van der Waals surface area contributed by atoms with Gasteiger partial charge in [0, 0.05) is 11.1 Å². The maximum Gasteiger partial charge on any atom is 0.333 e. The molecule has 0 N–H and O–H groups in total. The van der Waals surface area contributed by atoms with Crippen molar-refractivity contribution in [3.05, 3.63) is 34.5 Å². The third-order valence-corrected chi connectivity index (χ3v) is 7.49. The fourth-order valence-corrected chi connectivity index (χ4v) is 6.43. The predicted molar refractivity (Wildman–Crippen MR) is 104 cm³/mol. The van der Waals surface area contributed by atoms with Gasteiger partial charge in [0.1, 0.15) is 11.7 Å². The molecule has 0 spiro atoms. The Labute approximate surface area is 164 Å². The van der Waals surface area contributed by atoms with E-state index in [-0.39, 0.29) is 24.0 Å². The van der Waals surface area contributed by atoms with Crippen LogP contribution in [0.3, 0.4) is 0 Å². The summed E-state index contributed by atoms with van der Waals surface area (Å²) in [7, 11) is 0. The van der Waals surface area contributed by atoms with Crippen molar-refractivity contribution in [3.63, 3.8) is 0 Å². The summed E-state index contributed by atoms with van der Waals surface area (Å²) in [5, 5.41) is 4.06. The first-order valence-corrected chi connectivity index (χ1v) is 10.8. The number of ether oxygens (including phenoxy) is 2. The van der Waals surface area contributed by atoms with Gasteiger partial charge in [-0.05, 0) is 87.0 Å². The van der Waals surface area contributed by atoms with E-state index in [2.05, 4.69) is 6.58 Å². The Hall–Kier alpha value is -1.62. The van der Waals surface area contributed by atoms with Gasteiger partial charge in [0.25, 0.3) is 0 Å². The van der Waals surface area contributed by atoms with Crippen molar-refractivity contribution in [3.8, 4) is 0 Å². The van der Waals surface area contributed by atoms with Crippen LogP contribution in [-0.2, 0) is 24.7 Å². The van der Waals surface area contributed by atoms with Crippen LogP contribution >= 0.6 is 11.3 Å². The molecule has 1 aromatic rings. The molecule has 4 saturated carbocycles. The number of carbonyl (C=O) groups excluding carboxylic acids is 2. The highest BCUT2D eigenvalue weighted by atomic mass is 32.1. The van der Waals surface area contributed by atoms with Crippen molar-refractivity contribution in [2.24, 2.45) is 29.6 Å². The zero-order valence-corrected chi connectivity index (χ0v) is 17.1. The zero-order chi connectivity index (χ0) is 19.3. The number of hydrogen-bond acceptors (Lipinski definition) is 5. The molecule has 4 bridgehead atoms. The quantitative estimate of drug-likeness (QED) is 0.542. The summed E-state index contributed by atoms with van der Waals surface area (Å²) in [5.41, 5.74) is 0.919. The summed E-state index contributed by atoms with van der Waals surface area (Å²) in [6.45, 7) is 9.32. The standard InChI is InChI=1S/C22H28O4S/c1-12(2)20(23)25-19-15-7-13-8-16(19)10-14(9-15)18(13)21(24)26-22(3,4)17-5-6-27-11-17/h5-6,11,13-16,18-19H,1,7-10H2,2-4H3. The van der Waals surface area contributed by atoms with Crippen LogP contribution in [0.5, 0.6) is 0 Å². The fourth-order valence-electron chi connectivity index (χ4n) is 5.62. The Morgan fingerprint density at radius 2 is 1.70 bits per heavy atom. The van der Waals surface area contributed by atoms with Gasteiger partial charge in [0.05, 0.1) is 5.92 Å². The van der Waals surface area contributed by atoms with E-state index >= 15 is 0 Å². The lowest BCUT2D eigenvalue weighted by atomic mass is 9.50. The maximum absolute atomic E-state index is 13.1. The molecule has 0 saturated heterocycles. The third kappa shape index (κ3) is 3.35. The summed E-state index contributed by atoms with van der Waals surface area (Å²) in [6, 6.07) is 2.02. The molecule has 1 aromatic heterocycles. The Morgan fingerprint density at radius 3 is 2.19 bits per heavy atom. The van der Waals surface area contributed by atoms with Gasteiger partial charge in [-0.25, -0.2) is 4.79 Å². The van der Waals surface area contributed by atoms with Gasteiger partial charge in [0.2, 0.25) is 0 Å². The average Bonchev–Trinajstić information content (AvgIpc) is 3.11. The Balaban J connectivity index is 1.44. The molecule has 146 valence electrons. The monoisotopic (exact) mass is 388 g/mol. The van der Waals surface area contributed by atoms with E-state index in [4.69, 9.17) is 9.47 Å². The molecular formula is C22H28O4S. The molecule has 4 aliphatic carbocycles. The number of thiophene rings is 1. The van der Waals surface area contributed by atoms with Gasteiger partial charge >= 0.3 is 11.9 Å². The van der Waals surface area contributed by atoms with E-state index in [0.29, 0.717) is 29.2 Å². The van der Waals surface area contributed by atoms with E-state index in [1.807, 2.05) is 30.7 Å². The van der Waals surface area contributed by atoms with Crippen molar-refractivity contribution in [2.45, 2.75) is 58.2 Å². The molecule has 27 heavy (non-hydrogen) atoms. The minimum absolute atomic E-state index is 0.000850. The van der Waals surface area contributed by atoms with Gasteiger partial charge in [-0.15, -0.1) is 0 Å². The molecule has 0 radical (unpaired) electrons. The van der Waals surface area contributed by atoms with Crippen LogP contribution in [0.1, 0.15) is 52.0 Å². The summed E-state index contributed by atoms with van der Waals surface area (Å²) in [5.74, 6) is 1.15. The van der Waals surface area contributed by atoms with Crippen LogP contribution in [0.4, 0.5) is 0 Å². The Kier molecular flexibility index (Phi) is 4.69. The Bertz CT molecular complexity index is 718. The van der Waals surface area contributed by atoms with E-state index in [0.717, 1.165) is 31.2 Å². The second-order valence-corrected chi connectivity index (χ2v) is 9.88. The first-order valence-electron chi connectivity index (χ1n) is 9.88. The number of rotatable bonds is 5. The Morgan fingerprint density at radius 1 is 1.11 bits per heavy atom. The molecule has 4 nitrogen and oxygen atoms in total. The van der Waals surface area contributed by atoms with Crippen LogP contribution in [-0.4, -0.2) is 18.0 Å². The SMILES string of the molecule is C=C(C)C(=O)OC1C2CC3CC1CC(C2)C3C(=O)OC(C)(C)c1ccsc1. The molecular weight excluding hydrogens is 360 g/mol. The largest absolute Gasteiger partial charge is 0.458 e. The van der Waals surface area contributed by atoms with E-state index in [9.17, 15) is 9.59 Å². The molecule has 0 atom stereocenters. The summed E-state index contributed by atoms with van der Waals surface area (Å²) >= 11 is 1.62. The molecule has 5 heteroatoms. The predicted octanol–water partition coefficient (Wildman–Crippen LogP) is 4.70. The minimum Gasteiger partial charge on any atom is -0.458 e. The number of hydrogen-bond donors (Lipinski definition) is 0. The minimum atomic E-state index is -0.592. The van der Waals surface area contributed by atoms with Gasteiger partial charge in [-0.1, -0.05) is 6.58 Å². The molecule has 4 aliphatic rings. The first-order chi connectivity index (χ1) is 12.8. The summed E-state index contributed by atoms with van der Waals surface area (Å²) in [4.78, 5) is 25.1. The van der Waals surface area contributed by atoms with Crippen molar-refractivity contribution in [2.75, 3.05) is 0 Å². The van der Waals surface area contributed by atoms with E-state index < -0.39 is 5.60 Å². The van der Waals surface area contributed by atoms with Crippen LogP contribution in [0.2, 0.25) is 0 Å². The van der Waals surface area contributed by atoms with Crippen LogP contribution in [0, 0.1) is 29.6 Å². The molecule has 5 rings (SSSR count). The van der Waals surface area contributed by atoms with Crippen LogP contribution in [0.15, 0.2) is 29.0 Å². The van der Waals surface area contributed by atoms with Gasteiger partial charge in [-0.2, -0.15) is 11.3 Å². The number of carbonyl (C=O) groups is 2. The van der Waals surface area contributed by atoms with Gasteiger partial charge in [0.15, 0.2) is 0 Å². The summed E-state index contributed by atoms with van der Waals surface area (Å²) in [6.07, 6.45) is 3.83. The van der Waals surface area contributed by atoms with E-state index in [1.54, 1.807) is 18.3 Å². The summed E-state index contributed by atoms with van der Waals surface area (Å²) < 4.78 is 11.8. The van der Waals surface area contributed by atoms with E-state index in [1.165, 1.54) is 0 Å². The van der Waals surface area contributed by atoms with Crippen molar-refractivity contribution in [1.29, 1.82) is 0 Å². The zero-order valence-electron chi connectivity index (χ0n) is 16.3. The second-order valence-electron chi connectivity index (χ2n) is 9.10. The highest BCUT2D eigenvalue weighted by Gasteiger charge is 2.57. The maximum atomic E-state index is 13.1. The molecule has 0 amide bonds. The highest BCUT2D eigenvalue weighted by Crippen LogP contribution is 2.58. The average molecular weight is 389 g/mol. The lowest BCUT2D eigenvalue weighted by molar-refractivity contribution is -0.192. The smallest absolute Gasteiger partial charge is 0.333 e. The van der Waals surface area contributed by atoms with Crippen molar-refractivity contribution in [1.82, 2.24) is 0 Å². The van der Waals surface area contributed by atoms with Crippen molar-refractivity contribution < 1.29 is 19.1 Å². The highest BCUT2D eigenvalue weighted by molar-refractivity contribution is 7.08. The lowest BCUT2D eigenvalue weighted by Crippen LogP contribution is -2.56. The normalized spacial score (nSPS) is 34.3.